The van der Waals surface area contributed by atoms with Crippen LogP contribution in [0.4, 0.5) is 5.69 Å². The molecule has 2 rings (SSSR count). The van der Waals surface area contributed by atoms with E-state index in [2.05, 4.69) is 5.32 Å². The first-order chi connectivity index (χ1) is 9.93. The van der Waals surface area contributed by atoms with Gasteiger partial charge in [-0.3, -0.25) is 0 Å². The van der Waals surface area contributed by atoms with Crippen LogP contribution >= 0.6 is 0 Å². The molecule has 1 unspecified atom stereocenters. The van der Waals surface area contributed by atoms with E-state index < -0.39 is 9.84 Å². The van der Waals surface area contributed by atoms with Crippen LogP contribution in [0.1, 0.15) is 24.9 Å². The fourth-order valence-corrected chi connectivity index (χ4v) is 3.13. The molecule has 0 saturated heterocycles. The maximum absolute atomic E-state index is 11.8. The highest BCUT2D eigenvalue weighted by Gasteiger charge is 2.17. The molecule has 0 aliphatic rings. The van der Waals surface area contributed by atoms with Crippen LogP contribution in [0.15, 0.2) is 53.4 Å². The van der Waals surface area contributed by atoms with Crippen molar-refractivity contribution in [3.8, 4) is 5.75 Å². The average molecular weight is 305 g/mol. The van der Waals surface area contributed by atoms with E-state index in [4.69, 9.17) is 0 Å². The standard InChI is InChI=1S/C16H19NO3S/c1-3-13(12-8-4-6-10-15(12)18)17-14-9-5-7-11-16(14)21(2,19)20/h4-11,13,17-18H,3H2,1-2H3. The minimum atomic E-state index is -3.30. The molecule has 21 heavy (non-hydrogen) atoms. The smallest absolute Gasteiger partial charge is 0.177 e. The SMILES string of the molecule is CCC(Nc1ccccc1S(C)(=O)=O)c1ccccc1O. The Bertz CT molecular complexity index is 726. The van der Waals surface area contributed by atoms with Gasteiger partial charge in [-0.2, -0.15) is 0 Å². The van der Waals surface area contributed by atoms with Crippen LogP contribution in [-0.2, 0) is 9.84 Å². The summed E-state index contributed by atoms with van der Waals surface area (Å²) in [6.45, 7) is 1.98. The predicted molar refractivity (Wildman–Crippen MR) is 84.3 cm³/mol. The molecular weight excluding hydrogens is 286 g/mol. The van der Waals surface area contributed by atoms with Gasteiger partial charge in [0, 0.05) is 11.8 Å². The van der Waals surface area contributed by atoms with Gasteiger partial charge in [0.05, 0.1) is 16.6 Å². The quantitative estimate of drug-likeness (QED) is 0.889. The summed E-state index contributed by atoms with van der Waals surface area (Å²) in [7, 11) is -3.30. The minimum absolute atomic E-state index is 0.158. The third kappa shape index (κ3) is 3.55. The van der Waals surface area contributed by atoms with Crippen LogP contribution in [0.2, 0.25) is 0 Å². The number of hydrogen-bond acceptors (Lipinski definition) is 4. The highest BCUT2D eigenvalue weighted by Crippen LogP contribution is 2.31. The summed E-state index contributed by atoms with van der Waals surface area (Å²) >= 11 is 0. The molecule has 2 N–H and O–H groups in total. The molecule has 0 spiro atoms. The van der Waals surface area contributed by atoms with Gasteiger partial charge in [-0.25, -0.2) is 8.42 Å². The van der Waals surface area contributed by atoms with E-state index in [0.717, 1.165) is 12.0 Å². The van der Waals surface area contributed by atoms with Gasteiger partial charge in [0.1, 0.15) is 5.75 Å². The van der Waals surface area contributed by atoms with Crippen molar-refractivity contribution in [1.29, 1.82) is 0 Å². The molecule has 0 aliphatic heterocycles. The zero-order chi connectivity index (χ0) is 15.5. The molecule has 0 radical (unpaired) electrons. The molecule has 0 aromatic heterocycles. The lowest BCUT2D eigenvalue weighted by molar-refractivity contribution is 0.462. The number of hydrogen-bond donors (Lipinski definition) is 2. The van der Waals surface area contributed by atoms with E-state index in [1.165, 1.54) is 6.26 Å². The van der Waals surface area contributed by atoms with Crippen molar-refractivity contribution in [2.75, 3.05) is 11.6 Å². The Morgan fingerprint density at radius 1 is 1.10 bits per heavy atom. The lowest BCUT2D eigenvalue weighted by atomic mass is 10.0. The summed E-state index contributed by atoms with van der Waals surface area (Å²) in [6.07, 6.45) is 1.91. The van der Waals surface area contributed by atoms with Crippen molar-refractivity contribution in [2.45, 2.75) is 24.3 Å². The Morgan fingerprint density at radius 3 is 2.33 bits per heavy atom. The van der Waals surface area contributed by atoms with Crippen LogP contribution in [0.25, 0.3) is 0 Å². The Hall–Kier alpha value is -2.01. The summed E-state index contributed by atoms with van der Waals surface area (Å²) in [5, 5.41) is 13.2. The maximum Gasteiger partial charge on any atom is 0.177 e. The predicted octanol–water partition coefficient (Wildman–Crippen LogP) is 3.36. The molecule has 0 saturated carbocycles. The van der Waals surface area contributed by atoms with Crippen LogP contribution in [0, 0.1) is 0 Å². The second-order valence-corrected chi connectivity index (χ2v) is 6.92. The van der Waals surface area contributed by atoms with Gasteiger partial charge < -0.3 is 10.4 Å². The summed E-state index contributed by atoms with van der Waals surface area (Å²) in [5.74, 6) is 0.202. The Labute approximate surface area is 125 Å². The first-order valence-electron chi connectivity index (χ1n) is 6.77. The van der Waals surface area contributed by atoms with Crippen molar-refractivity contribution in [2.24, 2.45) is 0 Å². The molecule has 4 nitrogen and oxygen atoms in total. The number of para-hydroxylation sites is 2. The van der Waals surface area contributed by atoms with Gasteiger partial charge in [-0.1, -0.05) is 37.3 Å². The summed E-state index contributed by atoms with van der Waals surface area (Å²) < 4.78 is 23.7. The van der Waals surface area contributed by atoms with Crippen LogP contribution in [0.5, 0.6) is 5.75 Å². The summed E-state index contributed by atoms with van der Waals surface area (Å²) in [5.41, 5.74) is 1.30. The number of benzene rings is 2. The van der Waals surface area contributed by atoms with E-state index >= 15 is 0 Å². The van der Waals surface area contributed by atoms with Gasteiger partial charge in [0.2, 0.25) is 0 Å². The van der Waals surface area contributed by atoms with Gasteiger partial charge in [0.25, 0.3) is 0 Å². The first kappa shape index (κ1) is 15.4. The summed E-state index contributed by atoms with van der Waals surface area (Å²) in [4.78, 5) is 0.263. The summed E-state index contributed by atoms with van der Waals surface area (Å²) in [6, 6.07) is 13.7. The monoisotopic (exact) mass is 305 g/mol. The topological polar surface area (TPSA) is 66.4 Å². The van der Waals surface area contributed by atoms with Crippen molar-refractivity contribution < 1.29 is 13.5 Å². The number of phenolic OH excluding ortho intramolecular Hbond substituents is 1. The third-order valence-corrected chi connectivity index (χ3v) is 4.49. The Morgan fingerprint density at radius 2 is 1.71 bits per heavy atom. The number of sulfone groups is 1. The second-order valence-electron chi connectivity index (χ2n) is 4.93. The zero-order valence-electron chi connectivity index (χ0n) is 12.1. The van der Waals surface area contributed by atoms with E-state index in [-0.39, 0.29) is 16.7 Å². The van der Waals surface area contributed by atoms with Crippen molar-refractivity contribution in [3.63, 3.8) is 0 Å². The maximum atomic E-state index is 11.8. The minimum Gasteiger partial charge on any atom is -0.508 e. The lowest BCUT2D eigenvalue weighted by Gasteiger charge is -2.21. The molecule has 1 atom stereocenters. The van der Waals surface area contributed by atoms with E-state index in [9.17, 15) is 13.5 Å². The molecule has 0 aliphatic carbocycles. The number of nitrogens with one attached hydrogen (secondary N) is 1. The molecule has 0 bridgehead atoms. The van der Waals surface area contributed by atoms with Crippen LogP contribution in [0.3, 0.4) is 0 Å². The average Bonchev–Trinajstić information content (AvgIpc) is 2.45. The van der Waals surface area contributed by atoms with Crippen LogP contribution in [-0.4, -0.2) is 19.8 Å². The fourth-order valence-electron chi connectivity index (χ4n) is 2.28. The Balaban J connectivity index is 2.39. The molecule has 0 heterocycles. The van der Waals surface area contributed by atoms with Gasteiger partial charge >= 0.3 is 0 Å². The third-order valence-electron chi connectivity index (χ3n) is 3.34. The number of phenols is 1. The highest BCUT2D eigenvalue weighted by molar-refractivity contribution is 7.90. The molecule has 2 aromatic rings. The van der Waals surface area contributed by atoms with Crippen molar-refractivity contribution in [3.05, 3.63) is 54.1 Å². The normalized spacial score (nSPS) is 12.9. The molecular formula is C16H19NO3S. The molecule has 0 fully saturated rings. The highest BCUT2D eigenvalue weighted by atomic mass is 32.2. The number of rotatable bonds is 5. The number of anilines is 1. The molecule has 0 amide bonds. The van der Waals surface area contributed by atoms with Crippen molar-refractivity contribution in [1.82, 2.24) is 0 Å². The van der Waals surface area contributed by atoms with E-state index in [0.29, 0.717) is 5.69 Å². The van der Waals surface area contributed by atoms with Gasteiger partial charge in [-0.05, 0) is 24.6 Å². The van der Waals surface area contributed by atoms with Gasteiger partial charge in [-0.15, -0.1) is 0 Å². The zero-order valence-corrected chi connectivity index (χ0v) is 12.9. The lowest BCUT2D eigenvalue weighted by Crippen LogP contribution is -2.12. The van der Waals surface area contributed by atoms with Gasteiger partial charge in [0.15, 0.2) is 9.84 Å². The van der Waals surface area contributed by atoms with Crippen molar-refractivity contribution >= 4 is 15.5 Å². The molecule has 112 valence electrons. The van der Waals surface area contributed by atoms with Crippen LogP contribution < -0.4 is 5.32 Å². The first-order valence-corrected chi connectivity index (χ1v) is 8.66. The second kappa shape index (κ2) is 6.18. The van der Waals surface area contributed by atoms with E-state index in [1.807, 2.05) is 19.1 Å². The molecule has 5 heteroatoms. The van der Waals surface area contributed by atoms with E-state index in [1.54, 1.807) is 36.4 Å². The largest absolute Gasteiger partial charge is 0.508 e. The molecule has 2 aromatic carbocycles. The fraction of sp³-hybridized carbons (Fsp3) is 0.250. The Kier molecular flexibility index (Phi) is 4.53. The number of aromatic hydroxyl groups is 1.